The summed E-state index contributed by atoms with van der Waals surface area (Å²) in [5.41, 5.74) is 5.99. The van der Waals surface area contributed by atoms with Crippen LogP contribution in [0, 0.1) is 0 Å². The highest BCUT2D eigenvalue weighted by Gasteiger charge is 2.48. The van der Waals surface area contributed by atoms with Gasteiger partial charge in [-0.05, 0) is 53.3 Å². The number of hydroxylamine groups is 1. The quantitative estimate of drug-likeness (QED) is 0.383. The molecule has 0 aromatic heterocycles. The number of fused-ring (bicyclic) bond motifs is 1. The van der Waals surface area contributed by atoms with Crippen molar-refractivity contribution in [3.05, 3.63) is 106 Å². The molecule has 1 aliphatic heterocycles. The third-order valence-electron chi connectivity index (χ3n) is 7.51. The van der Waals surface area contributed by atoms with Crippen LogP contribution in [-0.4, -0.2) is 39.1 Å². The predicted molar refractivity (Wildman–Crippen MR) is 143 cm³/mol. The van der Waals surface area contributed by atoms with E-state index < -0.39 is 30.0 Å². The number of halogens is 1. The highest BCUT2D eigenvalue weighted by molar-refractivity contribution is 6.30. The van der Waals surface area contributed by atoms with Crippen LogP contribution in [0.3, 0.4) is 0 Å². The van der Waals surface area contributed by atoms with E-state index in [4.69, 9.17) is 16.4 Å². The lowest BCUT2D eigenvalue weighted by Gasteiger charge is -2.48. The first kappa shape index (κ1) is 26.4. The molecular weight excluding hydrogens is 504 g/mol. The van der Waals surface area contributed by atoms with Gasteiger partial charge in [0.1, 0.15) is 0 Å². The largest absolute Gasteiger partial charge is 0.392 e. The lowest BCUT2D eigenvalue weighted by Crippen LogP contribution is -2.55. The van der Waals surface area contributed by atoms with Gasteiger partial charge in [-0.3, -0.25) is 14.4 Å². The fourth-order valence-corrected chi connectivity index (χ4v) is 5.83. The number of rotatable bonds is 7. The van der Waals surface area contributed by atoms with E-state index in [0.717, 1.165) is 29.5 Å². The van der Waals surface area contributed by atoms with Gasteiger partial charge in [0.05, 0.1) is 37.3 Å². The summed E-state index contributed by atoms with van der Waals surface area (Å²) in [6.07, 6.45) is 2.39. The number of hydrogen-bond donors (Lipinski definition) is 3. The normalized spacial score (nSPS) is 23.1. The van der Waals surface area contributed by atoms with Crippen molar-refractivity contribution in [1.82, 2.24) is 10.4 Å². The van der Waals surface area contributed by atoms with E-state index in [1.54, 1.807) is 35.2 Å². The van der Waals surface area contributed by atoms with Crippen LogP contribution in [0.4, 0.5) is 0 Å². The summed E-state index contributed by atoms with van der Waals surface area (Å²) in [4.78, 5) is 35.1. The molecule has 3 N–H and O–H groups in total. The molecular formula is C30H31ClN2O5. The van der Waals surface area contributed by atoms with Crippen molar-refractivity contribution in [3.63, 3.8) is 0 Å². The van der Waals surface area contributed by atoms with Crippen molar-refractivity contribution >= 4 is 23.4 Å². The second kappa shape index (κ2) is 11.7. The molecule has 3 aromatic rings. The van der Waals surface area contributed by atoms with Crippen LogP contribution >= 0.6 is 11.6 Å². The maximum absolute atomic E-state index is 13.9. The first-order valence-corrected chi connectivity index (χ1v) is 13.3. The molecule has 8 heteroatoms. The maximum atomic E-state index is 13.9. The van der Waals surface area contributed by atoms with E-state index in [2.05, 4.69) is 5.48 Å². The molecule has 0 radical (unpaired) electrons. The molecule has 3 aromatic carbocycles. The Morgan fingerprint density at radius 1 is 1.00 bits per heavy atom. The van der Waals surface area contributed by atoms with Crippen LogP contribution in [0.1, 0.15) is 70.3 Å². The Hall–Kier alpha value is -3.23. The van der Waals surface area contributed by atoms with Crippen molar-refractivity contribution in [2.45, 2.75) is 63.0 Å². The fraction of sp³-hybridized carbons (Fsp3) is 0.333. The minimum atomic E-state index is -0.775. The van der Waals surface area contributed by atoms with E-state index in [9.17, 15) is 19.8 Å². The zero-order chi connectivity index (χ0) is 26.6. The molecule has 2 aliphatic rings. The van der Waals surface area contributed by atoms with Gasteiger partial charge in [0, 0.05) is 10.6 Å². The highest BCUT2D eigenvalue weighted by Crippen LogP contribution is 2.46. The predicted octanol–water partition coefficient (Wildman–Crippen LogP) is 4.66. The Kier molecular flexibility index (Phi) is 8.09. The van der Waals surface area contributed by atoms with Gasteiger partial charge in [-0.15, -0.1) is 0 Å². The monoisotopic (exact) mass is 534 g/mol. The fourth-order valence-electron chi connectivity index (χ4n) is 5.70. The Bertz CT molecular complexity index is 1300. The van der Waals surface area contributed by atoms with Crippen molar-refractivity contribution in [2.24, 2.45) is 0 Å². The van der Waals surface area contributed by atoms with Gasteiger partial charge < -0.3 is 15.1 Å². The lowest BCUT2D eigenvalue weighted by atomic mass is 9.77. The molecule has 0 bridgehead atoms. The van der Waals surface area contributed by atoms with Gasteiger partial charge in [0.2, 0.25) is 0 Å². The molecule has 5 rings (SSSR count). The average molecular weight is 535 g/mol. The standard InChI is InChI=1S/C30H31ClN2O5/c31-22-14-12-21(13-15-22)28-27(29(36)32-38-18-20-7-5-6-19(16-20)17-34)23-8-1-2-9-24(23)30(37)33(28)25-10-3-4-11-26(25)35/h1-2,5-9,12-16,25-28,34-35H,3-4,10-11,17-18H2,(H,32,36)/t25-,26-,27+,28-/m0/s1. The van der Waals surface area contributed by atoms with E-state index >= 15 is 0 Å². The van der Waals surface area contributed by atoms with Gasteiger partial charge in [-0.25, -0.2) is 5.48 Å². The number of nitrogens with zero attached hydrogens (tertiary/aromatic N) is 1. The number of hydrogen-bond acceptors (Lipinski definition) is 5. The first-order valence-electron chi connectivity index (χ1n) is 12.9. The van der Waals surface area contributed by atoms with Crippen molar-refractivity contribution < 1.29 is 24.6 Å². The summed E-state index contributed by atoms with van der Waals surface area (Å²) in [5, 5.41) is 20.9. The van der Waals surface area contributed by atoms with Crippen LogP contribution in [0.25, 0.3) is 0 Å². The zero-order valence-electron chi connectivity index (χ0n) is 20.9. The number of amides is 2. The third-order valence-corrected chi connectivity index (χ3v) is 7.76. The van der Waals surface area contributed by atoms with Crippen molar-refractivity contribution in [2.75, 3.05) is 0 Å². The van der Waals surface area contributed by atoms with Crippen molar-refractivity contribution in [3.8, 4) is 0 Å². The van der Waals surface area contributed by atoms with E-state index in [0.29, 0.717) is 29.0 Å². The third kappa shape index (κ3) is 5.33. The average Bonchev–Trinajstić information content (AvgIpc) is 2.94. The summed E-state index contributed by atoms with van der Waals surface area (Å²) in [7, 11) is 0. The lowest BCUT2D eigenvalue weighted by molar-refractivity contribution is -0.138. The number of nitrogens with one attached hydrogen (secondary N) is 1. The topological polar surface area (TPSA) is 99.1 Å². The molecule has 1 fully saturated rings. The number of carbonyl (C=O) groups excluding carboxylic acids is 2. The van der Waals surface area contributed by atoms with Gasteiger partial charge in [0.25, 0.3) is 11.8 Å². The van der Waals surface area contributed by atoms with E-state index in [-0.39, 0.29) is 19.1 Å². The zero-order valence-corrected chi connectivity index (χ0v) is 21.7. The molecule has 4 atom stereocenters. The second-order valence-corrected chi connectivity index (χ2v) is 10.4. The van der Waals surface area contributed by atoms with Gasteiger partial charge >= 0.3 is 0 Å². The number of aliphatic hydroxyl groups is 2. The van der Waals surface area contributed by atoms with Gasteiger partial charge in [-0.2, -0.15) is 0 Å². The minimum Gasteiger partial charge on any atom is -0.392 e. The first-order chi connectivity index (χ1) is 18.5. The number of benzene rings is 3. The summed E-state index contributed by atoms with van der Waals surface area (Å²) in [6.45, 7) is 0.0300. The van der Waals surface area contributed by atoms with Gasteiger partial charge in [-0.1, -0.05) is 79.0 Å². The Morgan fingerprint density at radius 3 is 2.50 bits per heavy atom. The molecule has 1 saturated carbocycles. The number of aliphatic hydroxyl groups excluding tert-OH is 2. The minimum absolute atomic E-state index is 0.0846. The molecule has 0 spiro atoms. The maximum Gasteiger partial charge on any atom is 0.255 e. The molecule has 0 saturated heterocycles. The summed E-state index contributed by atoms with van der Waals surface area (Å²) >= 11 is 6.18. The summed E-state index contributed by atoms with van der Waals surface area (Å²) < 4.78 is 0. The van der Waals surface area contributed by atoms with Crippen LogP contribution < -0.4 is 5.48 Å². The summed E-state index contributed by atoms with van der Waals surface area (Å²) in [5.74, 6) is -1.36. The molecule has 198 valence electrons. The molecule has 38 heavy (non-hydrogen) atoms. The SMILES string of the molecule is O=C(NOCc1cccc(CO)c1)[C@@H]1c2ccccc2C(=O)N([C@H]2CCCC[C@@H]2O)[C@H]1c1ccc(Cl)cc1. The molecule has 7 nitrogen and oxygen atoms in total. The second-order valence-electron chi connectivity index (χ2n) is 9.93. The molecule has 1 aliphatic carbocycles. The Morgan fingerprint density at radius 2 is 1.74 bits per heavy atom. The van der Waals surface area contributed by atoms with Crippen LogP contribution in [-0.2, 0) is 22.8 Å². The smallest absolute Gasteiger partial charge is 0.255 e. The van der Waals surface area contributed by atoms with Crippen molar-refractivity contribution in [1.29, 1.82) is 0 Å². The number of carbonyl (C=O) groups is 2. The highest BCUT2D eigenvalue weighted by atomic mass is 35.5. The Balaban J connectivity index is 1.51. The van der Waals surface area contributed by atoms with Crippen LogP contribution in [0.2, 0.25) is 5.02 Å². The molecule has 1 heterocycles. The molecule has 2 amide bonds. The van der Waals surface area contributed by atoms with Crippen LogP contribution in [0.15, 0.2) is 72.8 Å². The van der Waals surface area contributed by atoms with E-state index in [1.165, 1.54) is 0 Å². The van der Waals surface area contributed by atoms with Gasteiger partial charge in [0.15, 0.2) is 0 Å². The molecule has 0 unspecified atom stereocenters. The van der Waals surface area contributed by atoms with E-state index in [1.807, 2.05) is 42.5 Å². The Labute approximate surface area is 227 Å². The van der Waals surface area contributed by atoms with Crippen LogP contribution in [0.5, 0.6) is 0 Å². The summed E-state index contributed by atoms with van der Waals surface area (Å²) in [6, 6.07) is 20.5.